The molecule has 0 atom stereocenters. The molecule has 2 aromatic carbocycles. The number of para-hydroxylation sites is 4. The summed E-state index contributed by atoms with van der Waals surface area (Å²) >= 11 is 0. The molecule has 0 aliphatic heterocycles. The fourth-order valence-electron chi connectivity index (χ4n) is 2.17. The number of ether oxygens (including phenoxy) is 1. The number of benzene rings is 2. The lowest BCUT2D eigenvalue weighted by Gasteiger charge is -2.13. The molecule has 0 saturated heterocycles. The Balaban J connectivity index is 1.73. The minimum absolute atomic E-state index is 0.0935. The fraction of sp³-hybridized carbons (Fsp3) is 0.0556. The molecule has 1 aromatic heterocycles. The first-order valence-electron chi connectivity index (χ1n) is 7.46. The van der Waals surface area contributed by atoms with Crippen molar-refractivity contribution >= 4 is 28.7 Å². The summed E-state index contributed by atoms with van der Waals surface area (Å²) in [6.07, 6.45) is -0.782. The van der Waals surface area contributed by atoms with E-state index in [1.165, 1.54) is 30.5 Å². The van der Waals surface area contributed by atoms with Gasteiger partial charge in [-0.2, -0.15) is 0 Å². The maximum atomic E-state index is 12.4. The SMILES string of the molecule is O=C(C=Cc1cnc2ccccc2n1)Nc1ccccc1OC(F)(F)F. The third-order valence-electron chi connectivity index (χ3n) is 3.24. The van der Waals surface area contributed by atoms with Crippen LogP contribution >= 0.6 is 0 Å². The Hall–Kier alpha value is -3.42. The van der Waals surface area contributed by atoms with E-state index in [1.807, 2.05) is 12.1 Å². The van der Waals surface area contributed by atoms with Gasteiger partial charge in [0.1, 0.15) is 0 Å². The molecule has 0 spiro atoms. The highest BCUT2D eigenvalue weighted by atomic mass is 19.4. The van der Waals surface area contributed by atoms with E-state index < -0.39 is 18.0 Å². The lowest BCUT2D eigenvalue weighted by Crippen LogP contribution is -2.19. The quantitative estimate of drug-likeness (QED) is 0.710. The first-order valence-corrected chi connectivity index (χ1v) is 7.46. The number of aromatic nitrogens is 2. The molecule has 1 N–H and O–H groups in total. The fourth-order valence-corrected chi connectivity index (χ4v) is 2.17. The number of amides is 1. The second-order valence-corrected chi connectivity index (χ2v) is 5.15. The van der Waals surface area contributed by atoms with E-state index in [9.17, 15) is 18.0 Å². The minimum atomic E-state index is -4.85. The number of anilines is 1. The van der Waals surface area contributed by atoms with Gasteiger partial charge < -0.3 is 10.1 Å². The van der Waals surface area contributed by atoms with Crippen LogP contribution in [0.4, 0.5) is 18.9 Å². The largest absolute Gasteiger partial charge is 0.573 e. The number of carbonyl (C=O) groups is 1. The predicted molar refractivity (Wildman–Crippen MR) is 90.3 cm³/mol. The number of nitrogens with zero attached hydrogens (tertiary/aromatic N) is 2. The van der Waals surface area contributed by atoms with Gasteiger partial charge in [0.25, 0.3) is 0 Å². The number of halogens is 3. The Morgan fingerprint density at radius 1 is 1.04 bits per heavy atom. The van der Waals surface area contributed by atoms with Crippen molar-refractivity contribution < 1.29 is 22.7 Å². The zero-order chi connectivity index (χ0) is 18.6. The maximum Gasteiger partial charge on any atom is 0.573 e. The summed E-state index contributed by atoms with van der Waals surface area (Å²) in [6, 6.07) is 12.5. The van der Waals surface area contributed by atoms with Crippen LogP contribution in [-0.2, 0) is 4.79 Å². The summed E-state index contributed by atoms with van der Waals surface area (Å²) in [5.41, 5.74) is 1.73. The van der Waals surface area contributed by atoms with Crippen molar-refractivity contribution in [2.75, 3.05) is 5.32 Å². The number of alkyl halides is 3. The highest BCUT2D eigenvalue weighted by molar-refractivity contribution is 6.02. The van der Waals surface area contributed by atoms with Crippen LogP contribution in [0.25, 0.3) is 17.1 Å². The molecule has 3 rings (SSSR count). The molecule has 5 nitrogen and oxygen atoms in total. The highest BCUT2D eigenvalue weighted by Crippen LogP contribution is 2.29. The zero-order valence-corrected chi connectivity index (χ0v) is 13.2. The van der Waals surface area contributed by atoms with E-state index in [0.29, 0.717) is 16.7 Å². The van der Waals surface area contributed by atoms with Crippen LogP contribution < -0.4 is 10.1 Å². The molecule has 0 fully saturated rings. The first kappa shape index (κ1) is 17.4. The lowest BCUT2D eigenvalue weighted by atomic mass is 10.2. The maximum absolute atomic E-state index is 12.4. The number of hydrogen-bond donors (Lipinski definition) is 1. The van der Waals surface area contributed by atoms with Crippen molar-refractivity contribution in [3.05, 3.63) is 66.5 Å². The molecule has 0 saturated carbocycles. The molecule has 0 aliphatic carbocycles. The van der Waals surface area contributed by atoms with Crippen LogP contribution in [0.15, 0.2) is 60.8 Å². The molecule has 0 bridgehead atoms. The first-order chi connectivity index (χ1) is 12.4. The Kier molecular flexibility index (Phi) is 4.83. The molecule has 8 heteroatoms. The number of nitrogens with one attached hydrogen (secondary N) is 1. The van der Waals surface area contributed by atoms with Crippen LogP contribution in [-0.4, -0.2) is 22.2 Å². The predicted octanol–water partition coefficient (Wildman–Crippen LogP) is 4.18. The third kappa shape index (κ3) is 4.56. The molecule has 132 valence electrons. The van der Waals surface area contributed by atoms with Gasteiger partial charge in [0.15, 0.2) is 5.75 Å². The van der Waals surface area contributed by atoms with Crippen LogP contribution in [0.2, 0.25) is 0 Å². The zero-order valence-electron chi connectivity index (χ0n) is 13.2. The normalized spacial score (nSPS) is 11.7. The summed E-state index contributed by atoms with van der Waals surface area (Å²) in [5.74, 6) is -1.12. The lowest BCUT2D eigenvalue weighted by molar-refractivity contribution is -0.274. The van der Waals surface area contributed by atoms with Gasteiger partial charge in [-0.25, -0.2) is 4.98 Å². The van der Waals surface area contributed by atoms with E-state index >= 15 is 0 Å². The second-order valence-electron chi connectivity index (χ2n) is 5.15. The van der Waals surface area contributed by atoms with Crippen molar-refractivity contribution in [2.45, 2.75) is 6.36 Å². The minimum Gasteiger partial charge on any atom is -0.404 e. The average Bonchev–Trinajstić information content (AvgIpc) is 2.60. The highest BCUT2D eigenvalue weighted by Gasteiger charge is 2.32. The van der Waals surface area contributed by atoms with Crippen LogP contribution in [0, 0.1) is 0 Å². The van der Waals surface area contributed by atoms with E-state index in [4.69, 9.17) is 0 Å². The molecule has 0 unspecified atom stereocenters. The van der Waals surface area contributed by atoms with E-state index in [-0.39, 0.29) is 5.69 Å². The van der Waals surface area contributed by atoms with Crippen molar-refractivity contribution in [3.8, 4) is 5.75 Å². The van der Waals surface area contributed by atoms with Gasteiger partial charge in [0.05, 0.1) is 28.6 Å². The molecule has 1 heterocycles. The van der Waals surface area contributed by atoms with E-state index in [0.717, 1.165) is 12.1 Å². The molecule has 1 amide bonds. The summed E-state index contributed by atoms with van der Waals surface area (Å²) < 4.78 is 41.1. The number of fused-ring (bicyclic) bond motifs is 1. The molecular formula is C18H12F3N3O2. The molecule has 0 radical (unpaired) electrons. The van der Waals surface area contributed by atoms with Crippen molar-refractivity contribution in [2.24, 2.45) is 0 Å². The van der Waals surface area contributed by atoms with Gasteiger partial charge in [-0.3, -0.25) is 9.78 Å². The molecular weight excluding hydrogens is 347 g/mol. The van der Waals surface area contributed by atoms with E-state index in [1.54, 1.807) is 12.1 Å². The molecule has 3 aromatic rings. The average molecular weight is 359 g/mol. The molecule has 26 heavy (non-hydrogen) atoms. The Bertz CT molecular complexity index is 971. The standard InChI is InChI=1S/C18H12F3N3O2/c19-18(20,21)26-16-8-4-3-7-15(16)24-17(25)10-9-12-11-22-13-5-1-2-6-14(13)23-12/h1-11H,(H,24,25). The smallest absolute Gasteiger partial charge is 0.404 e. The monoisotopic (exact) mass is 359 g/mol. The van der Waals surface area contributed by atoms with Gasteiger partial charge in [0, 0.05) is 6.08 Å². The van der Waals surface area contributed by atoms with Crippen LogP contribution in [0.3, 0.4) is 0 Å². The second kappa shape index (κ2) is 7.22. The van der Waals surface area contributed by atoms with Crippen LogP contribution in [0.5, 0.6) is 5.75 Å². The number of hydrogen-bond acceptors (Lipinski definition) is 4. The Morgan fingerprint density at radius 3 is 2.50 bits per heavy atom. The Morgan fingerprint density at radius 2 is 1.73 bits per heavy atom. The van der Waals surface area contributed by atoms with Gasteiger partial charge in [-0.15, -0.1) is 13.2 Å². The van der Waals surface area contributed by atoms with Gasteiger partial charge in [-0.1, -0.05) is 24.3 Å². The van der Waals surface area contributed by atoms with Crippen molar-refractivity contribution in [1.29, 1.82) is 0 Å². The van der Waals surface area contributed by atoms with Crippen LogP contribution in [0.1, 0.15) is 5.69 Å². The van der Waals surface area contributed by atoms with Crippen molar-refractivity contribution in [1.82, 2.24) is 9.97 Å². The summed E-state index contributed by atoms with van der Waals surface area (Å²) in [4.78, 5) is 20.5. The third-order valence-corrected chi connectivity index (χ3v) is 3.24. The topological polar surface area (TPSA) is 64.1 Å². The summed E-state index contributed by atoms with van der Waals surface area (Å²) in [6.45, 7) is 0. The van der Waals surface area contributed by atoms with Gasteiger partial charge >= 0.3 is 6.36 Å². The summed E-state index contributed by atoms with van der Waals surface area (Å²) in [5, 5.41) is 2.34. The Labute approximate surface area is 146 Å². The van der Waals surface area contributed by atoms with E-state index in [2.05, 4.69) is 20.0 Å². The van der Waals surface area contributed by atoms with Gasteiger partial charge in [0.2, 0.25) is 5.91 Å². The summed E-state index contributed by atoms with van der Waals surface area (Å²) in [7, 11) is 0. The van der Waals surface area contributed by atoms with Crippen molar-refractivity contribution in [3.63, 3.8) is 0 Å². The van der Waals surface area contributed by atoms with Gasteiger partial charge in [-0.05, 0) is 30.3 Å². The number of carbonyl (C=O) groups excluding carboxylic acids is 1. The molecule has 0 aliphatic rings. The number of rotatable bonds is 4.